The van der Waals surface area contributed by atoms with Gasteiger partial charge in [-0.1, -0.05) is 11.6 Å². The molecule has 26 heavy (non-hydrogen) atoms. The molecule has 2 heterocycles. The van der Waals surface area contributed by atoms with Crippen LogP contribution in [0.1, 0.15) is 20.4 Å². The molecule has 0 atom stereocenters. The van der Waals surface area contributed by atoms with Crippen molar-refractivity contribution in [3.8, 4) is 11.6 Å². The van der Waals surface area contributed by atoms with Gasteiger partial charge in [-0.2, -0.15) is 0 Å². The molecule has 0 aliphatic carbocycles. The molecule has 6 nitrogen and oxygen atoms in total. The number of nitrogens with zero attached hydrogens (tertiary/aromatic N) is 2. The molecule has 2 aromatic heterocycles. The van der Waals surface area contributed by atoms with Crippen LogP contribution in [0.25, 0.3) is 0 Å². The van der Waals surface area contributed by atoms with Crippen molar-refractivity contribution in [3.05, 3.63) is 63.2 Å². The van der Waals surface area contributed by atoms with Crippen LogP contribution in [-0.2, 0) is 6.61 Å². The number of hydrogen-bond donors (Lipinski definition) is 1. The maximum Gasteiger partial charge on any atom is 0.267 e. The monoisotopic (exact) mass is 389 g/mol. The molecule has 1 amide bonds. The van der Waals surface area contributed by atoms with E-state index in [4.69, 9.17) is 21.1 Å². The summed E-state index contributed by atoms with van der Waals surface area (Å²) in [6.45, 7) is 2.08. The molecule has 0 bridgehead atoms. The Hall–Kier alpha value is -2.64. The Morgan fingerprint density at radius 1 is 1.23 bits per heavy atom. The highest BCUT2D eigenvalue weighted by Gasteiger charge is 2.16. The fraction of sp³-hybridized carbons (Fsp3) is 0.167. The van der Waals surface area contributed by atoms with Crippen LogP contribution in [0.15, 0.2) is 42.6 Å². The third-order valence-corrected chi connectivity index (χ3v) is 4.81. The zero-order chi connectivity index (χ0) is 18.5. The zero-order valence-corrected chi connectivity index (χ0v) is 15.7. The maximum atomic E-state index is 12.5. The summed E-state index contributed by atoms with van der Waals surface area (Å²) in [5.41, 5.74) is 1.24. The second-order valence-electron chi connectivity index (χ2n) is 5.31. The van der Waals surface area contributed by atoms with E-state index in [1.807, 2.05) is 0 Å². The summed E-state index contributed by atoms with van der Waals surface area (Å²) in [4.78, 5) is 21.5. The van der Waals surface area contributed by atoms with Gasteiger partial charge in [0.15, 0.2) is 0 Å². The molecule has 3 rings (SSSR count). The van der Waals surface area contributed by atoms with Gasteiger partial charge in [-0.15, -0.1) is 11.3 Å². The minimum atomic E-state index is -0.232. The van der Waals surface area contributed by atoms with E-state index in [-0.39, 0.29) is 12.5 Å². The van der Waals surface area contributed by atoms with E-state index in [2.05, 4.69) is 15.3 Å². The number of amides is 1. The number of aromatic nitrogens is 2. The lowest BCUT2D eigenvalue weighted by molar-refractivity contribution is 0.102. The van der Waals surface area contributed by atoms with Gasteiger partial charge in [0.2, 0.25) is 5.88 Å². The van der Waals surface area contributed by atoms with E-state index in [9.17, 15) is 4.79 Å². The third kappa shape index (κ3) is 4.50. The van der Waals surface area contributed by atoms with Crippen molar-refractivity contribution in [2.45, 2.75) is 13.5 Å². The van der Waals surface area contributed by atoms with Gasteiger partial charge in [-0.3, -0.25) is 4.79 Å². The first-order chi connectivity index (χ1) is 12.5. The van der Waals surface area contributed by atoms with Gasteiger partial charge in [0.25, 0.3) is 5.91 Å². The summed E-state index contributed by atoms with van der Waals surface area (Å²) in [7, 11) is 1.54. The number of methoxy groups -OCH3 is 1. The molecule has 0 saturated carbocycles. The smallest absolute Gasteiger partial charge is 0.267 e. The number of carbonyl (C=O) groups is 1. The summed E-state index contributed by atoms with van der Waals surface area (Å²) in [5, 5.41) is 4.17. The van der Waals surface area contributed by atoms with Gasteiger partial charge >= 0.3 is 0 Å². The Balaban J connectivity index is 1.64. The average molecular weight is 390 g/mol. The van der Waals surface area contributed by atoms with Crippen molar-refractivity contribution in [1.29, 1.82) is 0 Å². The highest BCUT2D eigenvalue weighted by molar-refractivity contribution is 7.13. The molecule has 134 valence electrons. The van der Waals surface area contributed by atoms with Crippen LogP contribution in [-0.4, -0.2) is 23.0 Å². The number of pyridine rings is 1. The molecule has 1 N–H and O–H groups in total. The number of ether oxygens (including phenoxy) is 2. The number of hydrogen-bond acceptors (Lipinski definition) is 6. The first kappa shape index (κ1) is 18.2. The largest absolute Gasteiger partial charge is 0.486 e. The van der Waals surface area contributed by atoms with E-state index < -0.39 is 0 Å². The maximum absolute atomic E-state index is 12.5. The molecule has 0 aliphatic heterocycles. The number of thiazole rings is 1. The Morgan fingerprint density at radius 3 is 2.65 bits per heavy atom. The third-order valence-electron chi connectivity index (χ3n) is 3.43. The summed E-state index contributed by atoms with van der Waals surface area (Å²) in [6, 6.07) is 10.5. The molecule has 0 unspecified atom stereocenters. The number of anilines is 1. The summed E-state index contributed by atoms with van der Waals surface area (Å²) in [6.07, 6.45) is 1.54. The molecule has 0 fully saturated rings. The molecule has 8 heteroatoms. The number of benzene rings is 1. The second kappa shape index (κ2) is 8.16. The fourth-order valence-corrected chi connectivity index (χ4v) is 3.16. The van der Waals surface area contributed by atoms with Crippen molar-refractivity contribution in [2.24, 2.45) is 0 Å². The molecule has 0 saturated heterocycles. The van der Waals surface area contributed by atoms with Gasteiger partial charge in [0.1, 0.15) is 22.2 Å². The quantitative estimate of drug-likeness (QED) is 0.678. The van der Waals surface area contributed by atoms with E-state index >= 15 is 0 Å². The molecule has 1 aromatic carbocycles. The predicted molar refractivity (Wildman–Crippen MR) is 101 cm³/mol. The number of rotatable bonds is 6. The first-order valence-electron chi connectivity index (χ1n) is 7.71. The number of aryl methyl sites for hydroxylation is 1. The fourth-order valence-electron chi connectivity index (χ4n) is 2.16. The minimum Gasteiger partial charge on any atom is -0.486 e. The standard InChI is InChI=1S/C18H16ClN3O3S/c1-11-17(18(23)22-13-5-8-15(24-2)20-9-13)26-16(21-11)10-25-14-6-3-12(19)4-7-14/h3-9H,10H2,1-2H3,(H,22,23). The van der Waals surface area contributed by atoms with Gasteiger partial charge in [-0.05, 0) is 37.3 Å². The number of halogens is 1. The summed E-state index contributed by atoms with van der Waals surface area (Å²) in [5.74, 6) is 0.945. The van der Waals surface area contributed by atoms with E-state index in [0.717, 1.165) is 5.01 Å². The van der Waals surface area contributed by atoms with E-state index in [1.165, 1.54) is 24.6 Å². The van der Waals surface area contributed by atoms with Crippen LogP contribution in [0, 0.1) is 6.92 Å². The molecular formula is C18H16ClN3O3S. The lowest BCUT2D eigenvalue weighted by atomic mass is 10.3. The minimum absolute atomic E-state index is 0.232. The Kier molecular flexibility index (Phi) is 5.70. The molecule has 0 aliphatic rings. The second-order valence-corrected chi connectivity index (χ2v) is 6.83. The molecule has 3 aromatic rings. The van der Waals surface area contributed by atoms with E-state index in [1.54, 1.807) is 43.3 Å². The number of carbonyl (C=O) groups excluding carboxylic acids is 1. The van der Waals surface area contributed by atoms with Crippen LogP contribution in [0.3, 0.4) is 0 Å². The van der Waals surface area contributed by atoms with E-state index in [0.29, 0.717) is 32.9 Å². The SMILES string of the molecule is COc1ccc(NC(=O)c2sc(COc3ccc(Cl)cc3)nc2C)cn1. The normalized spacial score (nSPS) is 10.4. The highest BCUT2D eigenvalue weighted by Crippen LogP contribution is 2.22. The number of nitrogens with one attached hydrogen (secondary N) is 1. The summed E-state index contributed by atoms with van der Waals surface area (Å²) < 4.78 is 10.7. The molecule has 0 spiro atoms. The van der Waals surface area contributed by atoms with Crippen molar-refractivity contribution >= 4 is 34.5 Å². The average Bonchev–Trinajstić information content (AvgIpc) is 3.03. The lowest BCUT2D eigenvalue weighted by Crippen LogP contribution is -2.11. The van der Waals surface area contributed by atoms with Gasteiger partial charge in [0.05, 0.1) is 24.7 Å². The van der Waals surface area contributed by atoms with Crippen molar-refractivity contribution in [2.75, 3.05) is 12.4 Å². The Labute approximate surface area is 159 Å². The molecular weight excluding hydrogens is 374 g/mol. The van der Waals surface area contributed by atoms with Crippen LogP contribution in [0.2, 0.25) is 5.02 Å². The Morgan fingerprint density at radius 2 is 2.00 bits per heavy atom. The topological polar surface area (TPSA) is 73.3 Å². The van der Waals surface area contributed by atoms with Crippen LogP contribution < -0.4 is 14.8 Å². The first-order valence-corrected chi connectivity index (χ1v) is 8.90. The highest BCUT2D eigenvalue weighted by atomic mass is 35.5. The predicted octanol–water partition coefficient (Wildman–Crippen LogP) is 4.34. The zero-order valence-electron chi connectivity index (χ0n) is 14.2. The van der Waals surface area contributed by atoms with Crippen molar-refractivity contribution < 1.29 is 14.3 Å². The summed E-state index contributed by atoms with van der Waals surface area (Å²) >= 11 is 7.15. The van der Waals surface area contributed by atoms with Crippen LogP contribution >= 0.6 is 22.9 Å². The lowest BCUT2D eigenvalue weighted by Gasteiger charge is -2.04. The Bertz CT molecular complexity index is 895. The van der Waals surface area contributed by atoms with Crippen molar-refractivity contribution in [3.63, 3.8) is 0 Å². The van der Waals surface area contributed by atoms with Crippen LogP contribution in [0.4, 0.5) is 5.69 Å². The van der Waals surface area contributed by atoms with Crippen LogP contribution in [0.5, 0.6) is 11.6 Å². The van der Waals surface area contributed by atoms with Gasteiger partial charge < -0.3 is 14.8 Å². The molecule has 0 radical (unpaired) electrons. The van der Waals surface area contributed by atoms with Crippen molar-refractivity contribution in [1.82, 2.24) is 9.97 Å². The van der Waals surface area contributed by atoms with Gasteiger partial charge in [0, 0.05) is 11.1 Å². The van der Waals surface area contributed by atoms with Gasteiger partial charge in [-0.25, -0.2) is 9.97 Å².